The SMILES string of the molecule is CC(=O)Nc1ccc(NC(=O)c2n[nH]c(C)n2)cc1C. The summed E-state index contributed by atoms with van der Waals surface area (Å²) in [5.74, 6) is 0.139. The lowest BCUT2D eigenvalue weighted by molar-refractivity contribution is -0.114. The Hall–Kier alpha value is -2.70. The van der Waals surface area contributed by atoms with Crippen molar-refractivity contribution in [3.63, 3.8) is 0 Å². The monoisotopic (exact) mass is 273 g/mol. The number of amides is 2. The van der Waals surface area contributed by atoms with Crippen LogP contribution in [0.4, 0.5) is 11.4 Å². The van der Waals surface area contributed by atoms with Gasteiger partial charge in [0, 0.05) is 18.3 Å². The molecule has 0 radical (unpaired) electrons. The first-order valence-corrected chi connectivity index (χ1v) is 6.04. The van der Waals surface area contributed by atoms with Crippen LogP contribution in [-0.2, 0) is 4.79 Å². The third-order valence-corrected chi connectivity index (χ3v) is 2.60. The Labute approximate surface area is 115 Å². The van der Waals surface area contributed by atoms with Crippen LogP contribution in [0, 0.1) is 13.8 Å². The quantitative estimate of drug-likeness (QED) is 0.791. The maximum atomic E-state index is 11.9. The van der Waals surface area contributed by atoms with Gasteiger partial charge in [-0.25, -0.2) is 4.98 Å². The average molecular weight is 273 g/mol. The smallest absolute Gasteiger partial charge is 0.295 e. The van der Waals surface area contributed by atoms with Crippen LogP contribution < -0.4 is 10.6 Å². The molecular weight excluding hydrogens is 258 g/mol. The van der Waals surface area contributed by atoms with E-state index in [-0.39, 0.29) is 17.6 Å². The van der Waals surface area contributed by atoms with Crippen LogP contribution in [0.1, 0.15) is 28.9 Å². The van der Waals surface area contributed by atoms with Crippen LogP contribution in [0.3, 0.4) is 0 Å². The van der Waals surface area contributed by atoms with Crippen LogP contribution in [0.25, 0.3) is 0 Å². The molecule has 0 aliphatic rings. The number of benzene rings is 1. The highest BCUT2D eigenvalue weighted by Gasteiger charge is 2.12. The zero-order chi connectivity index (χ0) is 14.7. The van der Waals surface area contributed by atoms with Crippen molar-refractivity contribution in [2.45, 2.75) is 20.8 Å². The number of anilines is 2. The van der Waals surface area contributed by atoms with Crippen LogP contribution in [0.5, 0.6) is 0 Å². The maximum Gasteiger partial charge on any atom is 0.295 e. The van der Waals surface area contributed by atoms with Gasteiger partial charge < -0.3 is 10.6 Å². The number of hydrogen-bond donors (Lipinski definition) is 3. The van der Waals surface area contributed by atoms with E-state index >= 15 is 0 Å². The molecule has 0 atom stereocenters. The van der Waals surface area contributed by atoms with E-state index in [1.807, 2.05) is 6.92 Å². The Morgan fingerprint density at radius 1 is 1.20 bits per heavy atom. The van der Waals surface area contributed by atoms with Crippen molar-refractivity contribution < 1.29 is 9.59 Å². The zero-order valence-corrected chi connectivity index (χ0v) is 11.4. The number of aryl methyl sites for hydroxylation is 2. The van der Waals surface area contributed by atoms with Crippen molar-refractivity contribution in [3.8, 4) is 0 Å². The predicted molar refractivity (Wildman–Crippen MR) is 74.6 cm³/mol. The molecule has 2 amide bonds. The number of H-pyrrole nitrogens is 1. The summed E-state index contributed by atoms with van der Waals surface area (Å²) >= 11 is 0. The molecule has 20 heavy (non-hydrogen) atoms. The summed E-state index contributed by atoms with van der Waals surface area (Å²) in [5.41, 5.74) is 2.18. The van der Waals surface area contributed by atoms with Crippen LogP contribution in [0.2, 0.25) is 0 Å². The Kier molecular flexibility index (Phi) is 3.79. The second-order valence-corrected chi connectivity index (χ2v) is 4.41. The minimum atomic E-state index is -0.388. The summed E-state index contributed by atoms with van der Waals surface area (Å²) in [6, 6.07) is 5.20. The van der Waals surface area contributed by atoms with E-state index in [1.165, 1.54) is 6.92 Å². The van der Waals surface area contributed by atoms with E-state index in [1.54, 1.807) is 25.1 Å². The number of carbonyl (C=O) groups is 2. The zero-order valence-electron chi connectivity index (χ0n) is 11.4. The summed E-state index contributed by atoms with van der Waals surface area (Å²) in [7, 11) is 0. The van der Waals surface area contributed by atoms with Crippen molar-refractivity contribution in [2.75, 3.05) is 10.6 Å². The fourth-order valence-electron chi connectivity index (χ4n) is 1.70. The molecule has 0 spiro atoms. The molecule has 2 aromatic rings. The Bertz CT molecular complexity index is 663. The summed E-state index contributed by atoms with van der Waals surface area (Å²) in [6.45, 7) is 5.01. The van der Waals surface area contributed by atoms with Gasteiger partial charge in [0.15, 0.2) is 0 Å². The molecule has 2 rings (SSSR count). The third kappa shape index (κ3) is 3.19. The van der Waals surface area contributed by atoms with Gasteiger partial charge in [-0.1, -0.05) is 0 Å². The second-order valence-electron chi connectivity index (χ2n) is 4.41. The minimum absolute atomic E-state index is 0.0890. The lowest BCUT2D eigenvalue weighted by Gasteiger charge is -2.09. The summed E-state index contributed by atoms with van der Waals surface area (Å²) in [6.07, 6.45) is 0. The number of aromatic amines is 1. The van der Waals surface area contributed by atoms with Crippen LogP contribution in [0.15, 0.2) is 18.2 Å². The molecule has 7 nitrogen and oxygen atoms in total. The molecule has 0 aliphatic heterocycles. The van der Waals surface area contributed by atoms with Crippen molar-refractivity contribution in [1.82, 2.24) is 15.2 Å². The molecule has 0 bridgehead atoms. The third-order valence-electron chi connectivity index (χ3n) is 2.60. The maximum absolute atomic E-state index is 11.9. The number of carbonyl (C=O) groups excluding carboxylic acids is 2. The summed E-state index contributed by atoms with van der Waals surface area (Å²) < 4.78 is 0. The van der Waals surface area contributed by atoms with Crippen molar-refractivity contribution in [1.29, 1.82) is 0 Å². The summed E-state index contributed by atoms with van der Waals surface area (Å²) in [5, 5.41) is 11.8. The highest BCUT2D eigenvalue weighted by atomic mass is 16.2. The molecule has 1 heterocycles. The van der Waals surface area contributed by atoms with Gasteiger partial charge in [0.2, 0.25) is 11.7 Å². The van der Waals surface area contributed by atoms with E-state index < -0.39 is 0 Å². The fourth-order valence-corrected chi connectivity index (χ4v) is 1.70. The lowest BCUT2D eigenvalue weighted by Crippen LogP contribution is -2.14. The molecule has 0 saturated carbocycles. The molecule has 7 heteroatoms. The standard InChI is InChI=1S/C13H15N5O2/c1-7-6-10(4-5-11(7)15-9(3)19)16-13(20)12-14-8(2)17-18-12/h4-6H,1-3H3,(H,15,19)(H,16,20)(H,14,17,18). The fraction of sp³-hybridized carbons (Fsp3) is 0.231. The number of rotatable bonds is 3. The second kappa shape index (κ2) is 5.52. The predicted octanol–water partition coefficient (Wildman–Crippen LogP) is 1.63. The first-order valence-electron chi connectivity index (χ1n) is 6.04. The van der Waals surface area contributed by atoms with Crippen molar-refractivity contribution in [3.05, 3.63) is 35.4 Å². The van der Waals surface area contributed by atoms with E-state index in [2.05, 4.69) is 25.8 Å². The van der Waals surface area contributed by atoms with E-state index in [4.69, 9.17) is 0 Å². The Balaban J connectivity index is 2.12. The molecule has 0 aliphatic carbocycles. The molecule has 104 valence electrons. The topological polar surface area (TPSA) is 99.8 Å². The van der Waals surface area contributed by atoms with Gasteiger partial charge in [-0.2, -0.15) is 0 Å². The molecule has 0 fully saturated rings. The molecular formula is C13H15N5O2. The highest BCUT2D eigenvalue weighted by molar-refractivity contribution is 6.01. The average Bonchev–Trinajstić information content (AvgIpc) is 2.79. The van der Waals surface area contributed by atoms with Crippen molar-refractivity contribution >= 4 is 23.2 Å². The van der Waals surface area contributed by atoms with Gasteiger partial charge in [0.25, 0.3) is 5.91 Å². The van der Waals surface area contributed by atoms with Gasteiger partial charge >= 0.3 is 0 Å². The van der Waals surface area contributed by atoms with E-state index in [9.17, 15) is 9.59 Å². The molecule has 1 aromatic heterocycles. The largest absolute Gasteiger partial charge is 0.326 e. The van der Waals surface area contributed by atoms with E-state index in [0.717, 1.165) is 5.56 Å². The Morgan fingerprint density at radius 2 is 1.95 bits per heavy atom. The molecule has 1 aromatic carbocycles. The number of nitrogens with zero attached hydrogens (tertiary/aromatic N) is 2. The van der Waals surface area contributed by atoms with Gasteiger partial charge in [0.1, 0.15) is 5.82 Å². The molecule has 0 unspecified atom stereocenters. The minimum Gasteiger partial charge on any atom is -0.326 e. The van der Waals surface area contributed by atoms with Crippen LogP contribution in [-0.4, -0.2) is 27.0 Å². The molecule has 0 saturated heterocycles. The first kappa shape index (κ1) is 13.7. The van der Waals surface area contributed by atoms with Gasteiger partial charge in [-0.05, 0) is 37.6 Å². The number of hydrogen-bond acceptors (Lipinski definition) is 4. The van der Waals surface area contributed by atoms with Gasteiger partial charge in [-0.3, -0.25) is 14.7 Å². The van der Waals surface area contributed by atoms with Gasteiger partial charge in [-0.15, -0.1) is 5.10 Å². The lowest BCUT2D eigenvalue weighted by atomic mass is 10.1. The van der Waals surface area contributed by atoms with Gasteiger partial charge in [0.05, 0.1) is 0 Å². The molecule has 3 N–H and O–H groups in total. The van der Waals surface area contributed by atoms with Crippen molar-refractivity contribution in [2.24, 2.45) is 0 Å². The normalized spacial score (nSPS) is 10.2. The summed E-state index contributed by atoms with van der Waals surface area (Å²) in [4.78, 5) is 26.8. The van der Waals surface area contributed by atoms with E-state index in [0.29, 0.717) is 17.2 Å². The highest BCUT2D eigenvalue weighted by Crippen LogP contribution is 2.19. The Morgan fingerprint density at radius 3 is 2.50 bits per heavy atom. The first-order chi connectivity index (χ1) is 9.45. The van der Waals surface area contributed by atoms with Crippen LogP contribution >= 0.6 is 0 Å². The number of aromatic nitrogens is 3. The number of nitrogens with one attached hydrogen (secondary N) is 3.